The lowest BCUT2D eigenvalue weighted by atomic mass is 10.1. The number of amides is 1. The van der Waals surface area contributed by atoms with Gasteiger partial charge < -0.3 is 17.2 Å². The first-order valence-corrected chi connectivity index (χ1v) is 8.17. The maximum Gasteiger partial charge on any atom is 0.280 e. The van der Waals surface area contributed by atoms with Crippen molar-refractivity contribution in [3.05, 3.63) is 35.2 Å². The molecule has 0 unspecified atom stereocenters. The van der Waals surface area contributed by atoms with E-state index in [2.05, 4.69) is 32.4 Å². The third kappa shape index (κ3) is 6.62. The zero-order valence-corrected chi connectivity index (χ0v) is 15.0. The first-order valence-electron chi connectivity index (χ1n) is 8.17. The van der Waals surface area contributed by atoms with Gasteiger partial charge in [0.05, 0.1) is 5.69 Å². The number of carbonyl (C=O) groups excluding carboxylic acids is 1. The monoisotopic (exact) mass is 345 g/mol. The van der Waals surface area contributed by atoms with Gasteiger partial charge in [0.15, 0.2) is 17.5 Å². The van der Waals surface area contributed by atoms with Crippen LogP contribution >= 0.6 is 0 Å². The van der Waals surface area contributed by atoms with E-state index in [9.17, 15) is 4.79 Å². The Labute approximate surface area is 148 Å². The van der Waals surface area contributed by atoms with Crippen LogP contribution in [0.25, 0.3) is 0 Å². The van der Waals surface area contributed by atoms with Crippen molar-refractivity contribution in [2.75, 3.05) is 18.0 Å². The molecule has 0 atom stereocenters. The molecule has 0 aliphatic heterocycles. The van der Waals surface area contributed by atoms with E-state index in [0.717, 1.165) is 19.3 Å². The van der Waals surface area contributed by atoms with Gasteiger partial charge in [-0.25, -0.2) is 9.97 Å². The van der Waals surface area contributed by atoms with Crippen LogP contribution in [0.3, 0.4) is 0 Å². The summed E-state index contributed by atoms with van der Waals surface area (Å²) in [6.45, 7) is 6.19. The Balaban J connectivity index is 2.50. The molecule has 1 aromatic heterocycles. The molecular formula is C17H27N7O. The molecule has 1 rings (SSSR count). The van der Waals surface area contributed by atoms with E-state index in [0.29, 0.717) is 12.2 Å². The minimum Gasteiger partial charge on any atom is -0.382 e. The van der Waals surface area contributed by atoms with Crippen LogP contribution < -0.4 is 22.5 Å². The van der Waals surface area contributed by atoms with Gasteiger partial charge in [-0.15, -0.1) is 0 Å². The Morgan fingerprint density at radius 2 is 1.92 bits per heavy atom. The standard InChI is InChI=1S/C17H27N7O/c1-4-8-12(5-2)9-6-7-10-21-17(20)24-16(25)13-15(19)23-14(18)11(3)22-13/h4-5,8H,6-7,9-10H2,1-3H3,(H4,18,19,23)(H3,20,21,24,25)/b8-4-,12-5+. The van der Waals surface area contributed by atoms with Gasteiger partial charge >= 0.3 is 0 Å². The van der Waals surface area contributed by atoms with Crippen molar-refractivity contribution in [1.82, 2.24) is 15.3 Å². The average Bonchev–Trinajstić information content (AvgIpc) is 2.56. The molecule has 1 heterocycles. The Hall–Kier alpha value is -2.90. The summed E-state index contributed by atoms with van der Waals surface area (Å²) in [5.41, 5.74) is 18.7. The van der Waals surface area contributed by atoms with Crippen molar-refractivity contribution >= 4 is 23.5 Å². The Bertz CT molecular complexity index is 692. The SMILES string of the molecule is C/C=C\C(=C/C)CCCCN=C(N)NC(=O)c1nc(C)c(N)nc1N. The van der Waals surface area contributed by atoms with Crippen LogP contribution in [0, 0.1) is 6.92 Å². The van der Waals surface area contributed by atoms with Crippen LogP contribution in [-0.2, 0) is 0 Å². The highest BCUT2D eigenvalue weighted by Crippen LogP contribution is 2.11. The molecule has 8 nitrogen and oxygen atoms in total. The van der Waals surface area contributed by atoms with Gasteiger partial charge in [0.25, 0.3) is 5.91 Å². The molecule has 0 radical (unpaired) electrons. The summed E-state index contributed by atoms with van der Waals surface area (Å²) in [6, 6.07) is 0. The summed E-state index contributed by atoms with van der Waals surface area (Å²) in [6.07, 6.45) is 9.06. The number of hydrogen-bond acceptors (Lipinski definition) is 6. The summed E-state index contributed by atoms with van der Waals surface area (Å²) in [7, 11) is 0. The van der Waals surface area contributed by atoms with E-state index in [-0.39, 0.29) is 23.3 Å². The highest BCUT2D eigenvalue weighted by atomic mass is 16.2. The highest BCUT2D eigenvalue weighted by molar-refractivity contribution is 6.06. The van der Waals surface area contributed by atoms with Crippen LogP contribution in [-0.4, -0.2) is 28.4 Å². The van der Waals surface area contributed by atoms with Crippen molar-refractivity contribution in [2.45, 2.75) is 40.0 Å². The van der Waals surface area contributed by atoms with Gasteiger partial charge in [-0.05, 0) is 40.0 Å². The fourth-order valence-corrected chi connectivity index (χ4v) is 2.11. The number of carbonyl (C=O) groups is 1. The third-order valence-electron chi connectivity index (χ3n) is 3.50. The summed E-state index contributed by atoms with van der Waals surface area (Å²) < 4.78 is 0. The number of aryl methyl sites for hydroxylation is 1. The van der Waals surface area contributed by atoms with E-state index in [1.807, 2.05) is 19.9 Å². The molecule has 0 fully saturated rings. The van der Waals surface area contributed by atoms with Crippen molar-refractivity contribution in [2.24, 2.45) is 10.7 Å². The maximum atomic E-state index is 12.1. The van der Waals surface area contributed by atoms with Gasteiger partial charge in [0.1, 0.15) is 5.82 Å². The van der Waals surface area contributed by atoms with E-state index >= 15 is 0 Å². The second kappa shape index (κ2) is 10.1. The third-order valence-corrected chi connectivity index (χ3v) is 3.50. The zero-order chi connectivity index (χ0) is 18.8. The second-order valence-electron chi connectivity index (χ2n) is 5.47. The topological polar surface area (TPSA) is 145 Å². The van der Waals surface area contributed by atoms with Crippen molar-refractivity contribution in [3.8, 4) is 0 Å². The van der Waals surface area contributed by atoms with E-state index < -0.39 is 5.91 Å². The largest absolute Gasteiger partial charge is 0.382 e. The predicted octanol–water partition coefficient (Wildman–Crippen LogP) is 1.69. The average molecular weight is 345 g/mol. The second-order valence-corrected chi connectivity index (χ2v) is 5.47. The molecule has 0 saturated carbocycles. The number of nitrogens with zero attached hydrogens (tertiary/aromatic N) is 3. The molecule has 7 N–H and O–H groups in total. The Morgan fingerprint density at radius 3 is 2.56 bits per heavy atom. The summed E-state index contributed by atoms with van der Waals surface area (Å²) in [5.74, 6) is -0.385. The Kier molecular flexibility index (Phi) is 8.11. The quantitative estimate of drug-likeness (QED) is 0.256. The number of rotatable bonds is 7. The molecule has 0 spiro atoms. The molecule has 0 aromatic carbocycles. The lowest BCUT2D eigenvalue weighted by Crippen LogP contribution is -2.38. The minimum atomic E-state index is -0.557. The first-order chi connectivity index (χ1) is 11.9. The van der Waals surface area contributed by atoms with Gasteiger partial charge in [0.2, 0.25) is 0 Å². The first kappa shape index (κ1) is 20.1. The number of allylic oxidation sites excluding steroid dienone is 4. The maximum absolute atomic E-state index is 12.1. The fourth-order valence-electron chi connectivity index (χ4n) is 2.11. The van der Waals surface area contributed by atoms with Crippen LogP contribution in [0.1, 0.15) is 49.3 Å². The molecule has 1 aromatic rings. The molecule has 0 aliphatic rings. The fraction of sp³-hybridized carbons (Fsp3) is 0.412. The highest BCUT2D eigenvalue weighted by Gasteiger charge is 2.15. The number of nitrogen functional groups attached to an aromatic ring is 2. The molecule has 8 heteroatoms. The molecule has 0 saturated heterocycles. The van der Waals surface area contributed by atoms with E-state index in [1.54, 1.807) is 6.92 Å². The molecule has 1 amide bonds. The van der Waals surface area contributed by atoms with E-state index in [1.165, 1.54) is 5.57 Å². The lowest BCUT2D eigenvalue weighted by molar-refractivity contribution is 0.0972. The van der Waals surface area contributed by atoms with Crippen molar-refractivity contribution in [3.63, 3.8) is 0 Å². The lowest BCUT2D eigenvalue weighted by Gasteiger charge is -2.08. The van der Waals surface area contributed by atoms with Crippen LogP contribution in [0.2, 0.25) is 0 Å². The molecule has 0 aliphatic carbocycles. The number of anilines is 2. The number of nitrogens with one attached hydrogen (secondary N) is 1. The van der Waals surface area contributed by atoms with Crippen molar-refractivity contribution < 1.29 is 4.79 Å². The number of hydrogen-bond donors (Lipinski definition) is 4. The van der Waals surface area contributed by atoms with Crippen LogP contribution in [0.5, 0.6) is 0 Å². The Morgan fingerprint density at radius 1 is 1.20 bits per heavy atom. The molecule has 136 valence electrons. The molecule has 25 heavy (non-hydrogen) atoms. The minimum absolute atomic E-state index is 0.0195. The van der Waals surface area contributed by atoms with Gasteiger partial charge in [-0.2, -0.15) is 0 Å². The number of guanidine groups is 1. The number of aliphatic imine (C=N–C) groups is 1. The zero-order valence-electron chi connectivity index (χ0n) is 15.0. The van der Waals surface area contributed by atoms with E-state index in [4.69, 9.17) is 17.2 Å². The predicted molar refractivity (Wildman–Crippen MR) is 102 cm³/mol. The summed E-state index contributed by atoms with van der Waals surface area (Å²) in [4.78, 5) is 24.2. The van der Waals surface area contributed by atoms with Gasteiger partial charge in [-0.1, -0.05) is 23.8 Å². The number of nitrogens with two attached hydrogens (primary N) is 3. The summed E-state index contributed by atoms with van der Waals surface area (Å²) >= 11 is 0. The van der Waals surface area contributed by atoms with Crippen LogP contribution in [0.4, 0.5) is 11.6 Å². The smallest absolute Gasteiger partial charge is 0.280 e. The normalized spacial score (nSPS) is 12.6. The number of aromatic nitrogens is 2. The number of unbranched alkanes of at least 4 members (excludes halogenated alkanes) is 1. The van der Waals surface area contributed by atoms with Gasteiger partial charge in [0, 0.05) is 6.54 Å². The van der Waals surface area contributed by atoms with Gasteiger partial charge in [-0.3, -0.25) is 15.1 Å². The van der Waals surface area contributed by atoms with Crippen molar-refractivity contribution in [1.29, 1.82) is 0 Å². The molecular weight excluding hydrogens is 318 g/mol. The van der Waals surface area contributed by atoms with Crippen LogP contribution in [0.15, 0.2) is 28.8 Å². The molecule has 0 bridgehead atoms. The summed E-state index contributed by atoms with van der Waals surface area (Å²) in [5, 5.41) is 2.46.